The predicted molar refractivity (Wildman–Crippen MR) is 70.3 cm³/mol. The zero-order chi connectivity index (χ0) is 14.0. The highest BCUT2D eigenvalue weighted by atomic mass is 35.5. The van der Waals surface area contributed by atoms with Crippen LogP contribution in [0.2, 0.25) is 5.02 Å². The molecule has 2 rings (SSSR count). The molecule has 4 N–H and O–H groups in total. The number of hydrogen-bond acceptors (Lipinski definition) is 4. The van der Waals surface area contributed by atoms with Crippen molar-refractivity contribution in [3.63, 3.8) is 0 Å². The number of pyridine rings is 1. The Morgan fingerprint density at radius 3 is 2.79 bits per heavy atom. The Hall–Kier alpha value is -2.34. The fourth-order valence-electron chi connectivity index (χ4n) is 1.42. The zero-order valence-electron chi connectivity index (χ0n) is 9.52. The van der Waals surface area contributed by atoms with Gasteiger partial charge < -0.3 is 16.2 Å². The van der Waals surface area contributed by atoms with Gasteiger partial charge in [0.15, 0.2) is 5.82 Å². The first-order valence-electron chi connectivity index (χ1n) is 5.18. The van der Waals surface area contributed by atoms with Crippen LogP contribution in [0.15, 0.2) is 30.5 Å². The van der Waals surface area contributed by atoms with Crippen LogP contribution in [0.1, 0.15) is 10.4 Å². The molecule has 1 aromatic carbocycles. The second-order valence-corrected chi connectivity index (χ2v) is 4.15. The Balaban J connectivity index is 2.33. The highest BCUT2D eigenvalue weighted by Crippen LogP contribution is 2.25. The third kappa shape index (κ3) is 2.92. The number of nitrogens with one attached hydrogen (secondary N) is 1. The molecule has 0 bridgehead atoms. The smallest absolute Gasteiger partial charge is 0.337 e. The van der Waals surface area contributed by atoms with Gasteiger partial charge in [-0.25, -0.2) is 14.2 Å². The van der Waals surface area contributed by atoms with Gasteiger partial charge >= 0.3 is 5.97 Å². The fourth-order valence-corrected chi connectivity index (χ4v) is 1.60. The Labute approximate surface area is 112 Å². The van der Waals surface area contributed by atoms with E-state index in [9.17, 15) is 9.18 Å². The Bertz CT molecular complexity index is 649. The summed E-state index contributed by atoms with van der Waals surface area (Å²) in [5, 5.41) is 11.8. The number of carboxylic acids is 1. The molecule has 0 amide bonds. The molecule has 0 radical (unpaired) electrons. The van der Waals surface area contributed by atoms with Crippen molar-refractivity contribution in [2.24, 2.45) is 0 Å². The molecule has 5 nitrogen and oxygen atoms in total. The van der Waals surface area contributed by atoms with Crippen LogP contribution in [0.3, 0.4) is 0 Å². The summed E-state index contributed by atoms with van der Waals surface area (Å²) in [6, 6.07) is 5.22. The van der Waals surface area contributed by atoms with Gasteiger partial charge in [-0.05, 0) is 24.3 Å². The van der Waals surface area contributed by atoms with Crippen LogP contribution in [0, 0.1) is 5.82 Å². The van der Waals surface area contributed by atoms with E-state index in [4.69, 9.17) is 22.4 Å². The first-order chi connectivity index (χ1) is 8.97. The number of carbonyl (C=O) groups is 1. The van der Waals surface area contributed by atoms with E-state index in [1.165, 1.54) is 24.3 Å². The number of anilines is 3. The highest BCUT2D eigenvalue weighted by molar-refractivity contribution is 6.30. The molecular formula is C12H9ClFN3O2. The number of hydrogen-bond donors (Lipinski definition) is 3. The van der Waals surface area contributed by atoms with Crippen molar-refractivity contribution in [2.75, 3.05) is 11.1 Å². The number of rotatable bonds is 3. The van der Waals surface area contributed by atoms with Crippen LogP contribution in [-0.4, -0.2) is 16.1 Å². The maximum Gasteiger partial charge on any atom is 0.337 e. The molecule has 2 aromatic rings. The first kappa shape index (κ1) is 13.1. The number of nitrogens with two attached hydrogens (primary N) is 1. The van der Waals surface area contributed by atoms with Crippen molar-refractivity contribution in [1.82, 2.24) is 4.98 Å². The summed E-state index contributed by atoms with van der Waals surface area (Å²) in [5.41, 5.74) is 5.81. The quantitative estimate of drug-likeness (QED) is 0.805. The number of halogens is 2. The molecule has 7 heteroatoms. The van der Waals surface area contributed by atoms with Gasteiger partial charge in [-0.1, -0.05) is 11.6 Å². The van der Waals surface area contributed by atoms with Crippen LogP contribution in [-0.2, 0) is 0 Å². The second kappa shape index (κ2) is 5.11. The Morgan fingerprint density at radius 2 is 2.16 bits per heavy atom. The Morgan fingerprint density at radius 1 is 1.42 bits per heavy atom. The van der Waals surface area contributed by atoms with E-state index in [-0.39, 0.29) is 22.8 Å². The van der Waals surface area contributed by atoms with E-state index in [2.05, 4.69) is 10.3 Å². The van der Waals surface area contributed by atoms with Crippen LogP contribution in [0.25, 0.3) is 0 Å². The van der Waals surface area contributed by atoms with Gasteiger partial charge in [-0.3, -0.25) is 0 Å². The average Bonchev–Trinajstić information content (AvgIpc) is 2.36. The summed E-state index contributed by atoms with van der Waals surface area (Å²) in [4.78, 5) is 14.6. The third-order valence-electron chi connectivity index (χ3n) is 2.35. The van der Waals surface area contributed by atoms with Crippen molar-refractivity contribution in [2.45, 2.75) is 0 Å². The van der Waals surface area contributed by atoms with Crippen LogP contribution >= 0.6 is 11.6 Å². The third-order valence-corrected chi connectivity index (χ3v) is 2.58. The highest BCUT2D eigenvalue weighted by Gasteiger charge is 2.10. The van der Waals surface area contributed by atoms with E-state index < -0.39 is 11.8 Å². The van der Waals surface area contributed by atoms with Gasteiger partial charge in [0, 0.05) is 11.2 Å². The maximum atomic E-state index is 13.5. The lowest BCUT2D eigenvalue weighted by atomic mass is 10.2. The number of carboxylic acid groups (broad SMARTS) is 1. The molecule has 98 valence electrons. The lowest BCUT2D eigenvalue weighted by molar-refractivity contribution is 0.0696. The topological polar surface area (TPSA) is 88.2 Å². The minimum atomic E-state index is -1.14. The lowest BCUT2D eigenvalue weighted by Crippen LogP contribution is -2.04. The summed E-state index contributed by atoms with van der Waals surface area (Å²) in [6.07, 6.45) is 1.13. The van der Waals surface area contributed by atoms with Crippen LogP contribution in [0.5, 0.6) is 0 Å². The van der Waals surface area contributed by atoms with Crippen molar-refractivity contribution < 1.29 is 14.3 Å². The summed E-state index contributed by atoms with van der Waals surface area (Å²) >= 11 is 5.75. The summed E-state index contributed by atoms with van der Waals surface area (Å²) in [5.74, 6) is -1.50. The number of nitrogen functional groups attached to an aromatic ring is 1. The van der Waals surface area contributed by atoms with E-state index >= 15 is 0 Å². The standard InChI is InChI=1S/C12H9ClFN3O2/c13-7-1-2-8(14)10(4-7)17-11-9(15)3-6(5-16-11)12(18)19/h1-5H,15H2,(H,16,17)(H,18,19). The van der Waals surface area contributed by atoms with Crippen molar-refractivity contribution in [1.29, 1.82) is 0 Å². The van der Waals surface area contributed by atoms with Crippen molar-refractivity contribution in [3.05, 3.63) is 46.9 Å². The number of aromatic carboxylic acids is 1. The largest absolute Gasteiger partial charge is 0.478 e. The van der Waals surface area contributed by atoms with Gasteiger partial charge in [0.1, 0.15) is 5.82 Å². The number of aromatic nitrogens is 1. The molecule has 19 heavy (non-hydrogen) atoms. The van der Waals surface area contributed by atoms with E-state index in [1.54, 1.807) is 0 Å². The minimum Gasteiger partial charge on any atom is -0.478 e. The van der Waals surface area contributed by atoms with Gasteiger partial charge in [-0.15, -0.1) is 0 Å². The fraction of sp³-hybridized carbons (Fsp3) is 0. The van der Waals surface area contributed by atoms with E-state index in [0.29, 0.717) is 5.02 Å². The SMILES string of the molecule is Nc1cc(C(=O)O)cnc1Nc1cc(Cl)ccc1F. The molecule has 0 spiro atoms. The summed E-state index contributed by atoms with van der Waals surface area (Å²) < 4.78 is 13.5. The first-order valence-corrected chi connectivity index (χ1v) is 5.56. The van der Waals surface area contributed by atoms with E-state index in [1.807, 2.05) is 0 Å². The van der Waals surface area contributed by atoms with Crippen molar-refractivity contribution in [3.8, 4) is 0 Å². The number of nitrogens with zero attached hydrogens (tertiary/aromatic N) is 1. The number of benzene rings is 1. The predicted octanol–water partition coefficient (Wildman–Crippen LogP) is 2.90. The maximum absolute atomic E-state index is 13.5. The zero-order valence-corrected chi connectivity index (χ0v) is 10.3. The van der Waals surface area contributed by atoms with Gasteiger partial charge in [0.2, 0.25) is 0 Å². The molecule has 0 fully saturated rings. The monoisotopic (exact) mass is 281 g/mol. The molecular weight excluding hydrogens is 273 g/mol. The molecule has 0 unspecified atom stereocenters. The van der Waals surface area contributed by atoms with Crippen LogP contribution < -0.4 is 11.1 Å². The normalized spacial score (nSPS) is 10.2. The molecule has 0 aliphatic carbocycles. The lowest BCUT2D eigenvalue weighted by Gasteiger charge is -2.09. The molecule has 0 aliphatic rings. The summed E-state index contributed by atoms with van der Waals surface area (Å²) in [6.45, 7) is 0. The second-order valence-electron chi connectivity index (χ2n) is 3.72. The molecule has 1 heterocycles. The molecule has 0 saturated heterocycles. The molecule has 0 aliphatic heterocycles. The van der Waals surface area contributed by atoms with Gasteiger partial charge in [-0.2, -0.15) is 0 Å². The van der Waals surface area contributed by atoms with Gasteiger partial charge in [0.05, 0.1) is 16.9 Å². The minimum absolute atomic E-state index is 0.0467. The van der Waals surface area contributed by atoms with Crippen molar-refractivity contribution >= 4 is 34.8 Å². The molecule has 0 saturated carbocycles. The molecule has 1 aromatic heterocycles. The van der Waals surface area contributed by atoms with Gasteiger partial charge in [0.25, 0.3) is 0 Å². The van der Waals surface area contributed by atoms with E-state index in [0.717, 1.165) is 6.20 Å². The average molecular weight is 282 g/mol. The Kier molecular flexibility index (Phi) is 3.52. The van der Waals surface area contributed by atoms with Crippen LogP contribution in [0.4, 0.5) is 21.6 Å². The molecule has 0 atom stereocenters. The summed E-state index contributed by atoms with van der Waals surface area (Å²) in [7, 11) is 0.